The molecule has 7 heteroatoms. The molecule has 0 saturated carbocycles. The minimum Gasteiger partial charge on any atom is -0.377 e. The largest absolute Gasteiger partial charge is 0.377 e. The Morgan fingerprint density at radius 2 is 1.88 bits per heavy atom. The van der Waals surface area contributed by atoms with Crippen LogP contribution in [0.3, 0.4) is 0 Å². The molecule has 6 nitrogen and oxygen atoms in total. The first-order chi connectivity index (χ1) is 11.3. The van der Waals surface area contributed by atoms with E-state index in [1.54, 1.807) is 44.2 Å². The van der Waals surface area contributed by atoms with E-state index in [4.69, 9.17) is 11.6 Å². The number of non-ortho nitro benzene ring substituents is 1. The van der Waals surface area contributed by atoms with Gasteiger partial charge in [-0.05, 0) is 23.8 Å². The Morgan fingerprint density at radius 1 is 1.17 bits per heavy atom. The van der Waals surface area contributed by atoms with E-state index < -0.39 is 4.92 Å². The first kappa shape index (κ1) is 17.7. The summed E-state index contributed by atoms with van der Waals surface area (Å²) in [5, 5.41) is 11.6. The topological polar surface area (TPSA) is 66.7 Å². The van der Waals surface area contributed by atoms with Crippen molar-refractivity contribution in [3.63, 3.8) is 0 Å². The molecule has 0 radical (unpaired) electrons. The lowest BCUT2D eigenvalue weighted by atomic mass is 10.1. The number of hydrogen-bond acceptors (Lipinski definition) is 4. The zero-order valence-electron chi connectivity index (χ0n) is 13.7. The van der Waals surface area contributed by atoms with E-state index in [1.165, 1.54) is 17.0 Å². The van der Waals surface area contributed by atoms with Crippen LogP contribution in [0.25, 0.3) is 0 Å². The summed E-state index contributed by atoms with van der Waals surface area (Å²) < 4.78 is 0. The van der Waals surface area contributed by atoms with Gasteiger partial charge in [0.1, 0.15) is 0 Å². The van der Waals surface area contributed by atoms with Crippen LogP contribution in [0.1, 0.15) is 15.9 Å². The molecule has 0 unspecified atom stereocenters. The highest BCUT2D eigenvalue weighted by molar-refractivity contribution is 6.30. The first-order valence-electron chi connectivity index (χ1n) is 7.25. The minimum atomic E-state index is -0.507. The highest BCUT2D eigenvalue weighted by Gasteiger charge is 2.21. The van der Waals surface area contributed by atoms with Crippen molar-refractivity contribution in [2.45, 2.75) is 6.54 Å². The fourth-order valence-electron chi connectivity index (χ4n) is 2.39. The van der Waals surface area contributed by atoms with Gasteiger partial charge in [0, 0.05) is 50.5 Å². The second-order valence-electron chi connectivity index (χ2n) is 5.64. The molecule has 0 aliphatic heterocycles. The molecule has 24 heavy (non-hydrogen) atoms. The number of nitro groups is 1. The number of hydrogen-bond donors (Lipinski definition) is 0. The van der Waals surface area contributed by atoms with Gasteiger partial charge in [-0.15, -0.1) is 0 Å². The van der Waals surface area contributed by atoms with Gasteiger partial charge in [0.25, 0.3) is 11.6 Å². The number of carbonyl (C=O) groups excluding carboxylic acids is 1. The summed E-state index contributed by atoms with van der Waals surface area (Å²) in [5.41, 5.74) is 1.69. The lowest BCUT2D eigenvalue weighted by Crippen LogP contribution is -2.28. The highest BCUT2D eigenvalue weighted by Crippen LogP contribution is 2.26. The average molecular weight is 348 g/mol. The van der Waals surface area contributed by atoms with E-state index >= 15 is 0 Å². The maximum Gasteiger partial charge on any atom is 0.270 e. The minimum absolute atomic E-state index is 0.111. The molecule has 2 aromatic rings. The van der Waals surface area contributed by atoms with E-state index in [-0.39, 0.29) is 11.6 Å². The molecule has 0 saturated heterocycles. The molecule has 2 aromatic carbocycles. The third-order valence-electron chi connectivity index (χ3n) is 3.56. The van der Waals surface area contributed by atoms with Crippen molar-refractivity contribution in [2.24, 2.45) is 0 Å². The van der Waals surface area contributed by atoms with Gasteiger partial charge in [0.05, 0.1) is 10.5 Å². The molecule has 0 aliphatic rings. The maximum absolute atomic E-state index is 12.8. The predicted octanol–water partition coefficient (Wildman–Crippen LogP) is 3.59. The van der Waals surface area contributed by atoms with Gasteiger partial charge in [-0.2, -0.15) is 0 Å². The Kier molecular flexibility index (Phi) is 5.41. The number of benzene rings is 2. The summed E-state index contributed by atoms with van der Waals surface area (Å²) >= 11 is 5.96. The van der Waals surface area contributed by atoms with E-state index in [1.807, 2.05) is 12.1 Å². The number of anilines is 1. The smallest absolute Gasteiger partial charge is 0.270 e. The predicted molar refractivity (Wildman–Crippen MR) is 94.7 cm³/mol. The summed E-state index contributed by atoms with van der Waals surface area (Å²) in [4.78, 5) is 26.5. The molecule has 0 spiro atoms. The molecule has 0 bridgehead atoms. The van der Waals surface area contributed by atoms with Gasteiger partial charge in [-0.3, -0.25) is 14.9 Å². The van der Waals surface area contributed by atoms with Gasteiger partial charge >= 0.3 is 0 Å². The Bertz CT molecular complexity index is 777. The Morgan fingerprint density at radius 3 is 2.46 bits per heavy atom. The number of nitro benzene ring substituents is 1. The lowest BCUT2D eigenvalue weighted by molar-refractivity contribution is -0.384. The molecule has 0 heterocycles. The molecular weight excluding hydrogens is 330 g/mol. The summed E-state index contributed by atoms with van der Waals surface area (Å²) in [5.74, 6) is -0.289. The number of rotatable bonds is 5. The standard InChI is InChI=1S/C17H18ClN3O3/c1-19(2)16-8-7-14(21(23)24)10-15(16)17(22)20(3)11-12-5-4-6-13(18)9-12/h4-10H,11H2,1-3H3. The fraction of sp³-hybridized carbons (Fsp3) is 0.235. The van der Waals surface area contributed by atoms with E-state index in [2.05, 4.69) is 0 Å². The van der Waals surface area contributed by atoms with Gasteiger partial charge in [-0.25, -0.2) is 0 Å². The molecule has 0 N–H and O–H groups in total. The van der Waals surface area contributed by atoms with Crippen LogP contribution >= 0.6 is 11.6 Å². The zero-order valence-corrected chi connectivity index (χ0v) is 14.4. The van der Waals surface area contributed by atoms with Crippen molar-refractivity contribution in [1.29, 1.82) is 0 Å². The van der Waals surface area contributed by atoms with Crippen LogP contribution in [-0.2, 0) is 6.54 Å². The van der Waals surface area contributed by atoms with Gasteiger partial charge in [-0.1, -0.05) is 23.7 Å². The van der Waals surface area contributed by atoms with Crippen LogP contribution in [0.15, 0.2) is 42.5 Å². The lowest BCUT2D eigenvalue weighted by Gasteiger charge is -2.22. The van der Waals surface area contributed by atoms with Crippen LogP contribution in [0, 0.1) is 10.1 Å². The van der Waals surface area contributed by atoms with Gasteiger partial charge in [0.15, 0.2) is 0 Å². The van der Waals surface area contributed by atoms with Crippen LogP contribution < -0.4 is 4.90 Å². The Balaban J connectivity index is 2.33. The second-order valence-corrected chi connectivity index (χ2v) is 6.08. The Hall–Kier alpha value is -2.60. The van der Waals surface area contributed by atoms with Gasteiger partial charge in [0.2, 0.25) is 0 Å². The van der Waals surface area contributed by atoms with Crippen molar-refractivity contribution in [1.82, 2.24) is 4.90 Å². The molecule has 1 amide bonds. The summed E-state index contributed by atoms with van der Waals surface area (Å²) in [6, 6.07) is 11.5. The molecule has 0 aliphatic carbocycles. The number of carbonyl (C=O) groups is 1. The second kappa shape index (κ2) is 7.31. The SMILES string of the molecule is CN(Cc1cccc(Cl)c1)C(=O)c1cc([N+](=O)[O-])ccc1N(C)C. The molecule has 126 valence electrons. The van der Waals surface area contributed by atoms with Crippen molar-refractivity contribution in [3.05, 3.63) is 68.7 Å². The molecule has 0 fully saturated rings. The fourth-order valence-corrected chi connectivity index (χ4v) is 2.60. The van der Waals surface area contributed by atoms with E-state index in [0.717, 1.165) is 5.56 Å². The van der Waals surface area contributed by atoms with Crippen molar-refractivity contribution in [2.75, 3.05) is 26.0 Å². The number of nitrogens with zero attached hydrogens (tertiary/aromatic N) is 3. The third-order valence-corrected chi connectivity index (χ3v) is 3.79. The van der Waals surface area contributed by atoms with Crippen molar-refractivity contribution < 1.29 is 9.72 Å². The zero-order chi connectivity index (χ0) is 17.9. The average Bonchev–Trinajstić information content (AvgIpc) is 2.53. The third kappa shape index (κ3) is 4.02. The van der Waals surface area contributed by atoms with E-state index in [9.17, 15) is 14.9 Å². The highest BCUT2D eigenvalue weighted by atomic mass is 35.5. The van der Waals surface area contributed by atoms with Gasteiger partial charge < -0.3 is 9.80 Å². The summed E-state index contributed by atoms with van der Waals surface area (Å²) in [6.07, 6.45) is 0. The van der Waals surface area contributed by atoms with Crippen molar-refractivity contribution >= 4 is 28.9 Å². The van der Waals surface area contributed by atoms with E-state index in [0.29, 0.717) is 22.8 Å². The van der Waals surface area contributed by atoms with Crippen LogP contribution in [0.2, 0.25) is 5.02 Å². The molecule has 0 atom stereocenters. The Labute approximate surface area is 145 Å². The van der Waals surface area contributed by atoms with Crippen LogP contribution in [0.5, 0.6) is 0 Å². The van der Waals surface area contributed by atoms with Crippen LogP contribution in [-0.4, -0.2) is 36.9 Å². The van der Waals surface area contributed by atoms with Crippen LogP contribution in [0.4, 0.5) is 11.4 Å². The summed E-state index contributed by atoms with van der Waals surface area (Å²) in [6.45, 7) is 0.356. The monoisotopic (exact) mass is 347 g/mol. The molecule has 0 aromatic heterocycles. The summed E-state index contributed by atoms with van der Waals surface area (Å²) in [7, 11) is 5.23. The van der Waals surface area contributed by atoms with Crippen molar-refractivity contribution in [3.8, 4) is 0 Å². The first-order valence-corrected chi connectivity index (χ1v) is 7.63. The maximum atomic E-state index is 12.8. The number of amides is 1. The molecular formula is C17H18ClN3O3. The molecule has 2 rings (SSSR count). The quantitative estimate of drug-likeness (QED) is 0.612. The number of halogens is 1. The normalized spacial score (nSPS) is 10.3.